The fourth-order valence-electron chi connectivity index (χ4n) is 2.11. The van der Waals surface area contributed by atoms with Crippen LogP contribution in [-0.2, 0) is 11.3 Å². The second-order valence-corrected chi connectivity index (χ2v) is 4.81. The number of aromatic nitrogens is 2. The van der Waals surface area contributed by atoms with Gasteiger partial charge in [0.2, 0.25) is 0 Å². The van der Waals surface area contributed by atoms with Crippen LogP contribution in [0, 0.1) is 0 Å². The largest absolute Gasteiger partial charge is 0.476 e. The van der Waals surface area contributed by atoms with E-state index in [1.165, 1.54) is 6.07 Å². The Morgan fingerprint density at radius 3 is 3.06 bits per heavy atom. The zero-order valence-corrected chi connectivity index (χ0v) is 10.7. The van der Waals surface area contributed by atoms with Crippen molar-refractivity contribution in [3.8, 4) is 0 Å². The van der Waals surface area contributed by atoms with Crippen molar-refractivity contribution in [2.24, 2.45) is 0 Å². The van der Waals surface area contributed by atoms with Crippen LogP contribution in [0.5, 0.6) is 0 Å². The molecule has 1 aliphatic heterocycles. The molecular weight excluding hydrogens is 234 g/mol. The Morgan fingerprint density at radius 2 is 2.44 bits per heavy atom. The average Bonchev–Trinajstić information content (AvgIpc) is 2.78. The lowest BCUT2D eigenvalue weighted by Crippen LogP contribution is -2.47. The molecule has 0 aromatic carbocycles. The van der Waals surface area contributed by atoms with Gasteiger partial charge in [0.05, 0.1) is 19.3 Å². The Labute approximate surface area is 106 Å². The maximum absolute atomic E-state index is 10.7. The minimum absolute atomic E-state index is 0.0719. The van der Waals surface area contributed by atoms with Crippen LogP contribution >= 0.6 is 0 Å². The molecule has 0 bridgehead atoms. The van der Waals surface area contributed by atoms with E-state index in [0.29, 0.717) is 12.6 Å². The summed E-state index contributed by atoms with van der Waals surface area (Å²) >= 11 is 0. The minimum Gasteiger partial charge on any atom is -0.476 e. The predicted molar refractivity (Wildman–Crippen MR) is 65.6 cm³/mol. The third-order valence-corrected chi connectivity index (χ3v) is 3.15. The molecule has 1 saturated heterocycles. The predicted octanol–water partition coefficient (Wildman–Crippen LogP) is 0.691. The van der Waals surface area contributed by atoms with Crippen molar-refractivity contribution >= 4 is 5.97 Å². The van der Waals surface area contributed by atoms with Gasteiger partial charge in [0.25, 0.3) is 0 Å². The first kappa shape index (κ1) is 13.0. The zero-order valence-electron chi connectivity index (χ0n) is 10.7. The Hall–Kier alpha value is -1.40. The smallest absolute Gasteiger partial charge is 0.356 e. The van der Waals surface area contributed by atoms with Crippen LogP contribution < -0.4 is 0 Å². The highest BCUT2D eigenvalue weighted by Gasteiger charge is 2.22. The van der Waals surface area contributed by atoms with E-state index in [1.54, 1.807) is 10.9 Å². The molecule has 1 unspecified atom stereocenters. The normalized spacial score (nSPS) is 21.4. The zero-order chi connectivity index (χ0) is 13.1. The van der Waals surface area contributed by atoms with Gasteiger partial charge in [0, 0.05) is 25.3 Å². The summed E-state index contributed by atoms with van der Waals surface area (Å²) in [5, 5.41) is 12.8. The number of ether oxygens (including phenoxy) is 1. The van der Waals surface area contributed by atoms with Crippen LogP contribution in [-0.4, -0.2) is 57.6 Å². The van der Waals surface area contributed by atoms with Gasteiger partial charge >= 0.3 is 5.97 Å². The number of carboxylic acids is 1. The van der Waals surface area contributed by atoms with Crippen molar-refractivity contribution in [1.82, 2.24) is 14.7 Å². The molecule has 0 radical (unpaired) electrons. The lowest BCUT2D eigenvalue weighted by molar-refractivity contribution is -0.0470. The molecule has 0 amide bonds. The SMILES string of the molecule is CC(C)N1CCOC(Cn2ccc(C(=O)O)n2)C1. The molecule has 1 aromatic rings. The highest BCUT2D eigenvalue weighted by Crippen LogP contribution is 2.10. The van der Waals surface area contributed by atoms with E-state index >= 15 is 0 Å². The molecule has 100 valence electrons. The average molecular weight is 253 g/mol. The first-order chi connectivity index (χ1) is 8.56. The molecule has 1 aliphatic rings. The van der Waals surface area contributed by atoms with E-state index in [2.05, 4.69) is 23.8 Å². The number of rotatable bonds is 4. The monoisotopic (exact) mass is 253 g/mol. The molecule has 6 heteroatoms. The third-order valence-electron chi connectivity index (χ3n) is 3.15. The van der Waals surface area contributed by atoms with E-state index in [-0.39, 0.29) is 11.8 Å². The summed E-state index contributed by atoms with van der Waals surface area (Å²) in [4.78, 5) is 13.1. The van der Waals surface area contributed by atoms with Crippen molar-refractivity contribution in [3.05, 3.63) is 18.0 Å². The van der Waals surface area contributed by atoms with Gasteiger partial charge in [-0.1, -0.05) is 0 Å². The molecule has 0 spiro atoms. The highest BCUT2D eigenvalue weighted by molar-refractivity contribution is 5.84. The summed E-state index contributed by atoms with van der Waals surface area (Å²) in [5.74, 6) is -0.998. The number of nitrogens with zero attached hydrogens (tertiary/aromatic N) is 3. The molecule has 1 aromatic heterocycles. The van der Waals surface area contributed by atoms with E-state index in [9.17, 15) is 4.79 Å². The summed E-state index contributed by atoms with van der Waals surface area (Å²) in [6.07, 6.45) is 1.75. The van der Waals surface area contributed by atoms with Crippen LogP contribution in [0.1, 0.15) is 24.3 Å². The molecule has 6 nitrogen and oxygen atoms in total. The molecule has 1 N–H and O–H groups in total. The topological polar surface area (TPSA) is 67.6 Å². The molecular formula is C12H19N3O3. The fourth-order valence-corrected chi connectivity index (χ4v) is 2.11. The van der Waals surface area contributed by atoms with Crippen LogP contribution in [0.25, 0.3) is 0 Å². The van der Waals surface area contributed by atoms with Crippen molar-refractivity contribution < 1.29 is 14.6 Å². The van der Waals surface area contributed by atoms with E-state index in [1.807, 2.05) is 0 Å². The third kappa shape index (κ3) is 3.08. The lowest BCUT2D eigenvalue weighted by atomic mass is 10.2. The molecule has 1 atom stereocenters. The molecule has 0 aliphatic carbocycles. The highest BCUT2D eigenvalue weighted by atomic mass is 16.5. The van der Waals surface area contributed by atoms with E-state index < -0.39 is 5.97 Å². The number of hydrogen-bond donors (Lipinski definition) is 1. The molecule has 1 fully saturated rings. The number of morpholine rings is 1. The van der Waals surface area contributed by atoms with Crippen molar-refractivity contribution in [1.29, 1.82) is 0 Å². The second-order valence-electron chi connectivity index (χ2n) is 4.81. The van der Waals surface area contributed by atoms with Crippen LogP contribution in [0.2, 0.25) is 0 Å². The van der Waals surface area contributed by atoms with Gasteiger partial charge in [-0.3, -0.25) is 9.58 Å². The Bertz CT molecular complexity index is 416. The van der Waals surface area contributed by atoms with Gasteiger partial charge in [0.15, 0.2) is 5.69 Å². The second kappa shape index (κ2) is 5.49. The lowest BCUT2D eigenvalue weighted by Gasteiger charge is -2.35. The fraction of sp³-hybridized carbons (Fsp3) is 0.667. The van der Waals surface area contributed by atoms with E-state index in [4.69, 9.17) is 9.84 Å². The number of carboxylic acid groups (broad SMARTS) is 1. The summed E-state index contributed by atoms with van der Waals surface area (Å²) in [6, 6.07) is 2.01. The van der Waals surface area contributed by atoms with Crippen LogP contribution in [0.3, 0.4) is 0 Å². The first-order valence-corrected chi connectivity index (χ1v) is 6.18. The number of aromatic carboxylic acids is 1. The summed E-state index contributed by atoms with van der Waals surface area (Å²) in [6.45, 7) is 7.46. The molecule has 0 saturated carbocycles. The van der Waals surface area contributed by atoms with Crippen molar-refractivity contribution in [2.45, 2.75) is 32.5 Å². The maximum Gasteiger partial charge on any atom is 0.356 e. The first-order valence-electron chi connectivity index (χ1n) is 6.18. The van der Waals surface area contributed by atoms with Crippen LogP contribution in [0.15, 0.2) is 12.3 Å². The Kier molecular flexibility index (Phi) is 3.98. The maximum atomic E-state index is 10.7. The standard InChI is InChI=1S/C12H19N3O3/c1-9(2)14-5-6-18-10(7-14)8-15-4-3-11(13-15)12(16)17/h3-4,9-10H,5-8H2,1-2H3,(H,16,17). The summed E-state index contributed by atoms with van der Waals surface area (Å²) in [7, 11) is 0. The number of carbonyl (C=O) groups is 1. The molecule has 2 heterocycles. The van der Waals surface area contributed by atoms with E-state index in [0.717, 1.165) is 19.7 Å². The van der Waals surface area contributed by atoms with Crippen molar-refractivity contribution in [3.63, 3.8) is 0 Å². The Balaban J connectivity index is 1.94. The van der Waals surface area contributed by atoms with Gasteiger partial charge < -0.3 is 9.84 Å². The van der Waals surface area contributed by atoms with Gasteiger partial charge in [-0.05, 0) is 19.9 Å². The number of hydrogen-bond acceptors (Lipinski definition) is 4. The van der Waals surface area contributed by atoms with Gasteiger partial charge in [-0.2, -0.15) is 5.10 Å². The van der Waals surface area contributed by atoms with Gasteiger partial charge in [-0.15, -0.1) is 0 Å². The Morgan fingerprint density at radius 1 is 1.67 bits per heavy atom. The van der Waals surface area contributed by atoms with Gasteiger partial charge in [0.1, 0.15) is 0 Å². The van der Waals surface area contributed by atoms with Gasteiger partial charge in [-0.25, -0.2) is 4.79 Å². The molecule has 18 heavy (non-hydrogen) atoms. The minimum atomic E-state index is -0.998. The van der Waals surface area contributed by atoms with Crippen molar-refractivity contribution in [2.75, 3.05) is 19.7 Å². The molecule has 2 rings (SSSR count). The summed E-state index contributed by atoms with van der Waals surface area (Å²) < 4.78 is 7.32. The quantitative estimate of drug-likeness (QED) is 0.855. The van der Waals surface area contributed by atoms with Crippen LogP contribution in [0.4, 0.5) is 0 Å². The summed E-state index contributed by atoms with van der Waals surface area (Å²) in [5.41, 5.74) is 0.0755.